The molecule has 2 heterocycles. The standard InChI is InChI=1S/C14H23N3O.ClH/c1-10-4-5-13(16(10)3)14(18)17-8-6-12(7-9-17)11(2)15;/h4-5,11-12H,6-9,15H2,1-3H3;1H. The van der Waals surface area contributed by atoms with Gasteiger partial charge in [0.1, 0.15) is 5.69 Å². The van der Waals surface area contributed by atoms with Crippen LogP contribution in [0.15, 0.2) is 12.1 Å². The number of rotatable bonds is 2. The maximum atomic E-state index is 12.4. The van der Waals surface area contributed by atoms with E-state index >= 15 is 0 Å². The van der Waals surface area contributed by atoms with E-state index in [0.29, 0.717) is 5.92 Å². The summed E-state index contributed by atoms with van der Waals surface area (Å²) in [4.78, 5) is 14.3. The lowest BCUT2D eigenvalue weighted by molar-refractivity contribution is 0.0671. The molecule has 1 saturated heterocycles. The molecule has 1 unspecified atom stereocenters. The molecule has 1 aromatic heterocycles. The van der Waals surface area contributed by atoms with Crippen molar-refractivity contribution in [3.63, 3.8) is 0 Å². The Morgan fingerprint density at radius 2 is 1.95 bits per heavy atom. The Bertz CT molecular complexity index is 434. The van der Waals surface area contributed by atoms with Crippen molar-refractivity contribution in [2.24, 2.45) is 18.7 Å². The molecule has 2 N–H and O–H groups in total. The third-order valence-electron chi connectivity index (χ3n) is 4.16. The Kier molecular flexibility index (Phi) is 5.44. The van der Waals surface area contributed by atoms with Gasteiger partial charge in [0.25, 0.3) is 5.91 Å². The van der Waals surface area contributed by atoms with Crippen LogP contribution >= 0.6 is 12.4 Å². The molecule has 2 rings (SSSR count). The molecule has 4 nitrogen and oxygen atoms in total. The molecule has 19 heavy (non-hydrogen) atoms. The van der Waals surface area contributed by atoms with Crippen molar-refractivity contribution >= 4 is 18.3 Å². The third-order valence-corrected chi connectivity index (χ3v) is 4.16. The minimum atomic E-state index is 0. The van der Waals surface area contributed by atoms with E-state index in [4.69, 9.17) is 5.73 Å². The van der Waals surface area contributed by atoms with Gasteiger partial charge in [-0.15, -0.1) is 12.4 Å². The average Bonchev–Trinajstić information content (AvgIpc) is 2.69. The molecule has 1 aliphatic rings. The first-order valence-electron chi connectivity index (χ1n) is 6.68. The van der Waals surface area contributed by atoms with Crippen LogP contribution in [0.1, 0.15) is 35.9 Å². The predicted molar refractivity (Wildman–Crippen MR) is 79.7 cm³/mol. The van der Waals surface area contributed by atoms with E-state index in [1.165, 1.54) is 0 Å². The maximum absolute atomic E-state index is 12.4. The summed E-state index contributed by atoms with van der Waals surface area (Å²) in [7, 11) is 1.94. The highest BCUT2D eigenvalue weighted by Crippen LogP contribution is 2.21. The number of hydrogen-bond donors (Lipinski definition) is 1. The maximum Gasteiger partial charge on any atom is 0.270 e. The lowest BCUT2D eigenvalue weighted by Gasteiger charge is -2.33. The fourth-order valence-corrected chi connectivity index (χ4v) is 2.62. The lowest BCUT2D eigenvalue weighted by atomic mass is 9.91. The van der Waals surface area contributed by atoms with E-state index in [1.807, 2.05) is 35.6 Å². The highest BCUT2D eigenvalue weighted by molar-refractivity contribution is 5.93. The van der Waals surface area contributed by atoms with Crippen LogP contribution in [-0.4, -0.2) is 34.5 Å². The molecule has 1 aliphatic heterocycles. The van der Waals surface area contributed by atoms with Crippen LogP contribution in [0.25, 0.3) is 0 Å². The van der Waals surface area contributed by atoms with Gasteiger partial charge in [0.2, 0.25) is 0 Å². The number of aryl methyl sites for hydroxylation is 1. The molecular formula is C14H24ClN3O. The van der Waals surface area contributed by atoms with Crippen molar-refractivity contribution in [3.8, 4) is 0 Å². The van der Waals surface area contributed by atoms with Crippen molar-refractivity contribution in [2.45, 2.75) is 32.7 Å². The largest absolute Gasteiger partial charge is 0.344 e. The number of carbonyl (C=O) groups excluding carboxylic acids is 1. The van der Waals surface area contributed by atoms with Gasteiger partial charge in [0.05, 0.1) is 0 Å². The zero-order valence-corrected chi connectivity index (χ0v) is 12.7. The highest BCUT2D eigenvalue weighted by atomic mass is 35.5. The topological polar surface area (TPSA) is 51.3 Å². The van der Waals surface area contributed by atoms with E-state index < -0.39 is 0 Å². The van der Waals surface area contributed by atoms with Gasteiger partial charge in [0.15, 0.2) is 0 Å². The average molecular weight is 286 g/mol. The first-order valence-corrected chi connectivity index (χ1v) is 6.68. The Hall–Kier alpha value is -1.00. The molecule has 1 amide bonds. The van der Waals surface area contributed by atoms with Gasteiger partial charge in [-0.25, -0.2) is 0 Å². The quantitative estimate of drug-likeness (QED) is 0.903. The molecule has 0 bridgehead atoms. The molecule has 0 aromatic carbocycles. The fraction of sp³-hybridized carbons (Fsp3) is 0.643. The second-order valence-corrected chi connectivity index (χ2v) is 5.41. The van der Waals surface area contributed by atoms with E-state index in [9.17, 15) is 4.79 Å². The lowest BCUT2D eigenvalue weighted by Crippen LogP contribution is -2.43. The van der Waals surface area contributed by atoms with Crippen LogP contribution < -0.4 is 5.73 Å². The van der Waals surface area contributed by atoms with Crippen molar-refractivity contribution in [3.05, 3.63) is 23.5 Å². The molecule has 108 valence electrons. The van der Waals surface area contributed by atoms with Crippen LogP contribution in [0.3, 0.4) is 0 Å². The summed E-state index contributed by atoms with van der Waals surface area (Å²) in [6.45, 7) is 5.73. The monoisotopic (exact) mass is 285 g/mol. The minimum Gasteiger partial charge on any atom is -0.344 e. The van der Waals surface area contributed by atoms with Crippen molar-refractivity contribution in [1.82, 2.24) is 9.47 Å². The van der Waals surface area contributed by atoms with Crippen molar-refractivity contribution < 1.29 is 4.79 Å². The SMILES string of the molecule is Cc1ccc(C(=O)N2CCC(C(C)N)CC2)n1C.Cl. The Morgan fingerprint density at radius 3 is 2.37 bits per heavy atom. The van der Waals surface area contributed by atoms with Crippen molar-refractivity contribution in [1.29, 1.82) is 0 Å². The zero-order valence-electron chi connectivity index (χ0n) is 11.9. The van der Waals surface area contributed by atoms with Gasteiger partial charge < -0.3 is 15.2 Å². The number of carbonyl (C=O) groups is 1. The first-order chi connectivity index (χ1) is 8.50. The summed E-state index contributed by atoms with van der Waals surface area (Å²) >= 11 is 0. The van der Waals surface area contributed by atoms with Gasteiger partial charge >= 0.3 is 0 Å². The molecule has 5 heteroatoms. The molecule has 0 spiro atoms. The third kappa shape index (κ3) is 3.31. The van der Waals surface area contributed by atoms with Gasteiger partial charge in [-0.05, 0) is 44.7 Å². The molecule has 0 radical (unpaired) electrons. The number of nitrogens with two attached hydrogens (primary N) is 1. The van der Waals surface area contributed by atoms with Gasteiger partial charge in [-0.1, -0.05) is 0 Å². The number of likely N-dealkylation sites (tertiary alicyclic amines) is 1. The normalized spacial score (nSPS) is 18.0. The highest BCUT2D eigenvalue weighted by Gasteiger charge is 2.26. The van der Waals surface area contributed by atoms with E-state index in [-0.39, 0.29) is 24.4 Å². The van der Waals surface area contributed by atoms with Gasteiger partial charge in [-0.2, -0.15) is 0 Å². The Morgan fingerprint density at radius 1 is 1.37 bits per heavy atom. The molecule has 1 atom stereocenters. The molecular weight excluding hydrogens is 262 g/mol. The number of piperidine rings is 1. The van der Waals surface area contributed by atoms with Gasteiger partial charge in [0, 0.05) is 31.9 Å². The molecule has 0 saturated carbocycles. The number of halogens is 1. The number of aromatic nitrogens is 1. The van der Waals surface area contributed by atoms with E-state index in [1.54, 1.807) is 0 Å². The summed E-state index contributed by atoms with van der Waals surface area (Å²) < 4.78 is 1.96. The van der Waals surface area contributed by atoms with Crippen molar-refractivity contribution in [2.75, 3.05) is 13.1 Å². The van der Waals surface area contributed by atoms with Gasteiger partial charge in [-0.3, -0.25) is 4.79 Å². The number of nitrogens with zero attached hydrogens (tertiary/aromatic N) is 2. The fourth-order valence-electron chi connectivity index (χ4n) is 2.62. The second kappa shape index (κ2) is 6.44. The number of hydrogen-bond acceptors (Lipinski definition) is 2. The number of amides is 1. The predicted octanol–water partition coefficient (Wildman–Crippen LogP) is 1.95. The summed E-state index contributed by atoms with van der Waals surface area (Å²) in [5, 5.41) is 0. The molecule has 1 aromatic rings. The van der Waals surface area contributed by atoms with Crippen LogP contribution in [0.4, 0.5) is 0 Å². The zero-order chi connectivity index (χ0) is 13.3. The molecule has 0 aliphatic carbocycles. The molecule has 1 fully saturated rings. The van der Waals surface area contributed by atoms with Crippen LogP contribution in [0.2, 0.25) is 0 Å². The van der Waals surface area contributed by atoms with Crippen LogP contribution in [0.5, 0.6) is 0 Å². The van der Waals surface area contributed by atoms with E-state index in [0.717, 1.165) is 37.3 Å². The van der Waals surface area contributed by atoms with Crippen LogP contribution in [-0.2, 0) is 7.05 Å². The van der Waals surface area contributed by atoms with E-state index in [2.05, 4.69) is 6.92 Å². The summed E-state index contributed by atoms with van der Waals surface area (Å²) in [6, 6.07) is 4.14. The summed E-state index contributed by atoms with van der Waals surface area (Å²) in [5.41, 5.74) is 7.82. The summed E-state index contributed by atoms with van der Waals surface area (Å²) in [6.07, 6.45) is 2.04. The Balaban J connectivity index is 0.00000180. The first kappa shape index (κ1) is 16.1. The smallest absolute Gasteiger partial charge is 0.270 e. The Labute approximate surface area is 121 Å². The summed E-state index contributed by atoms with van der Waals surface area (Å²) in [5.74, 6) is 0.706. The van der Waals surface area contributed by atoms with Crippen LogP contribution in [0, 0.1) is 12.8 Å². The minimum absolute atomic E-state index is 0. The second-order valence-electron chi connectivity index (χ2n) is 5.41.